The zero-order valence-electron chi connectivity index (χ0n) is 9.34. The number of primary amides is 1. The highest BCUT2D eigenvalue weighted by Crippen LogP contribution is 2.22. The number of carbonyl (C=O) groups is 1. The molecule has 0 bridgehead atoms. The molecule has 0 aliphatic carbocycles. The summed E-state index contributed by atoms with van der Waals surface area (Å²) in [7, 11) is 0. The molecule has 6 nitrogen and oxygen atoms in total. The van der Waals surface area contributed by atoms with E-state index in [0.717, 1.165) is 32.0 Å². The van der Waals surface area contributed by atoms with Crippen LogP contribution >= 0.6 is 11.6 Å². The van der Waals surface area contributed by atoms with Crippen molar-refractivity contribution in [2.24, 2.45) is 5.73 Å². The summed E-state index contributed by atoms with van der Waals surface area (Å²) in [4.78, 5) is 22.9. The molecule has 1 aromatic rings. The lowest BCUT2D eigenvalue weighted by Gasteiger charge is -2.34. The van der Waals surface area contributed by atoms with Crippen LogP contribution in [0.25, 0.3) is 0 Å². The van der Waals surface area contributed by atoms with Crippen molar-refractivity contribution in [3.63, 3.8) is 0 Å². The largest absolute Gasteiger partial charge is 0.369 e. The lowest BCUT2D eigenvalue weighted by molar-refractivity contribution is -0.119. The first kappa shape index (κ1) is 12.1. The highest BCUT2D eigenvalue weighted by atomic mass is 35.5. The summed E-state index contributed by atoms with van der Waals surface area (Å²) in [5.41, 5.74) is 5.16. The minimum absolute atomic E-state index is 0.293. The molecule has 1 aliphatic heterocycles. The number of anilines is 1. The number of piperazine rings is 1. The molecule has 0 aromatic carbocycles. The first-order valence-corrected chi connectivity index (χ1v) is 5.75. The van der Waals surface area contributed by atoms with Gasteiger partial charge in [-0.2, -0.15) is 0 Å². The molecule has 0 radical (unpaired) electrons. The summed E-state index contributed by atoms with van der Waals surface area (Å²) in [6.45, 7) is 3.44. The monoisotopic (exact) mass is 255 g/mol. The molecule has 0 atom stereocenters. The van der Waals surface area contributed by atoms with Crippen LogP contribution in [0.5, 0.6) is 0 Å². The number of amides is 1. The van der Waals surface area contributed by atoms with E-state index < -0.39 is 0 Å². The Kier molecular flexibility index (Phi) is 3.75. The molecule has 2 N–H and O–H groups in total. The molecule has 2 heterocycles. The Hall–Kier alpha value is -1.40. The molecule has 1 saturated heterocycles. The van der Waals surface area contributed by atoms with Crippen molar-refractivity contribution in [2.45, 2.75) is 0 Å². The van der Waals surface area contributed by atoms with Crippen LogP contribution in [0.4, 0.5) is 5.82 Å². The highest BCUT2D eigenvalue weighted by Gasteiger charge is 2.20. The van der Waals surface area contributed by atoms with Crippen LogP contribution in [0.1, 0.15) is 0 Å². The third kappa shape index (κ3) is 3.04. The van der Waals surface area contributed by atoms with Crippen molar-refractivity contribution in [2.75, 3.05) is 37.6 Å². The molecule has 1 aliphatic rings. The molecule has 7 heteroatoms. The van der Waals surface area contributed by atoms with Gasteiger partial charge in [0.1, 0.15) is 11.3 Å². The fourth-order valence-corrected chi connectivity index (χ4v) is 2.10. The summed E-state index contributed by atoms with van der Waals surface area (Å²) < 4.78 is 0. The van der Waals surface area contributed by atoms with Gasteiger partial charge in [0, 0.05) is 26.2 Å². The first-order chi connectivity index (χ1) is 8.16. The lowest BCUT2D eigenvalue weighted by atomic mass is 10.3. The minimum Gasteiger partial charge on any atom is -0.369 e. The Morgan fingerprint density at radius 3 is 2.71 bits per heavy atom. The summed E-state index contributed by atoms with van der Waals surface area (Å²) in [6.07, 6.45) is 3.07. The minimum atomic E-state index is -0.293. The van der Waals surface area contributed by atoms with Crippen LogP contribution in [0, 0.1) is 0 Å². The number of aromatic nitrogens is 2. The maximum atomic E-state index is 10.8. The average Bonchev–Trinajstić information content (AvgIpc) is 2.30. The SMILES string of the molecule is NC(=O)CN1CCN(c2ncncc2Cl)CC1. The van der Waals surface area contributed by atoms with Crippen LogP contribution in [-0.2, 0) is 4.79 Å². The molecule has 17 heavy (non-hydrogen) atoms. The van der Waals surface area contributed by atoms with E-state index in [9.17, 15) is 4.79 Å². The molecular weight excluding hydrogens is 242 g/mol. The Morgan fingerprint density at radius 1 is 1.41 bits per heavy atom. The number of halogens is 1. The number of hydrogen-bond donors (Lipinski definition) is 1. The molecule has 0 unspecified atom stereocenters. The van der Waals surface area contributed by atoms with Crippen LogP contribution in [0.3, 0.4) is 0 Å². The van der Waals surface area contributed by atoms with Gasteiger partial charge in [-0.3, -0.25) is 9.69 Å². The number of nitrogens with two attached hydrogens (primary N) is 1. The van der Waals surface area contributed by atoms with Gasteiger partial charge in [-0.25, -0.2) is 9.97 Å². The van der Waals surface area contributed by atoms with E-state index in [1.54, 1.807) is 6.20 Å². The van der Waals surface area contributed by atoms with E-state index >= 15 is 0 Å². The zero-order chi connectivity index (χ0) is 12.3. The third-order valence-electron chi connectivity index (χ3n) is 2.70. The van der Waals surface area contributed by atoms with Crippen molar-refractivity contribution in [3.8, 4) is 0 Å². The number of hydrogen-bond acceptors (Lipinski definition) is 5. The van der Waals surface area contributed by atoms with Gasteiger partial charge >= 0.3 is 0 Å². The van der Waals surface area contributed by atoms with Crippen molar-refractivity contribution in [1.82, 2.24) is 14.9 Å². The fourth-order valence-electron chi connectivity index (χ4n) is 1.88. The predicted molar refractivity (Wildman–Crippen MR) is 64.9 cm³/mol. The Balaban J connectivity index is 1.95. The van der Waals surface area contributed by atoms with Gasteiger partial charge in [-0.05, 0) is 0 Å². The standard InChI is InChI=1S/C10H14ClN5O/c11-8-5-13-7-14-10(8)16-3-1-15(2-4-16)6-9(12)17/h5,7H,1-4,6H2,(H2,12,17). The van der Waals surface area contributed by atoms with Crippen molar-refractivity contribution in [1.29, 1.82) is 0 Å². The second-order valence-corrected chi connectivity index (χ2v) is 4.33. The van der Waals surface area contributed by atoms with E-state index in [0.29, 0.717) is 11.6 Å². The normalized spacial score (nSPS) is 17.1. The molecule has 92 valence electrons. The maximum absolute atomic E-state index is 10.8. The Morgan fingerprint density at radius 2 is 2.12 bits per heavy atom. The lowest BCUT2D eigenvalue weighted by Crippen LogP contribution is -2.49. The van der Waals surface area contributed by atoms with Crippen LogP contribution in [0.2, 0.25) is 5.02 Å². The smallest absolute Gasteiger partial charge is 0.231 e. The third-order valence-corrected chi connectivity index (χ3v) is 2.97. The molecule has 1 aromatic heterocycles. The van der Waals surface area contributed by atoms with Gasteiger partial charge in [-0.15, -0.1) is 0 Å². The van der Waals surface area contributed by atoms with Crippen LogP contribution in [0.15, 0.2) is 12.5 Å². The fraction of sp³-hybridized carbons (Fsp3) is 0.500. The average molecular weight is 256 g/mol. The first-order valence-electron chi connectivity index (χ1n) is 5.38. The number of carbonyl (C=O) groups excluding carboxylic acids is 1. The van der Waals surface area contributed by atoms with E-state index in [2.05, 4.69) is 14.9 Å². The molecule has 2 rings (SSSR count). The van der Waals surface area contributed by atoms with Gasteiger partial charge in [-0.1, -0.05) is 11.6 Å². The molecule has 1 fully saturated rings. The summed E-state index contributed by atoms with van der Waals surface area (Å²) in [6, 6.07) is 0. The summed E-state index contributed by atoms with van der Waals surface area (Å²) in [5.74, 6) is 0.457. The van der Waals surface area contributed by atoms with E-state index in [1.807, 2.05) is 4.90 Å². The molecular formula is C10H14ClN5O. The van der Waals surface area contributed by atoms with Crippen molar-refractivity contribution >= 4 is 23.3 Å². The van der Waals surface area contributed by atoms with Gasteiger partial charge < -0.3 is 10.6 Å². The Labute approximate surface area is 104 Å². The summed E-state index contributed by atoms with van der Waals surface area (Å²) >= 11 is 6.02. The van der Waals surface area contributed by atoms with E-state index in [4.69, 9.17) is 17.3 Å². The van der Waals surface area contributed by atoms with Crippen molar-refractivity contribution < 1.29 is 4.79 Å². The molecule has 0 saturated carbocycles. The topological polar surface area (TPSA) is 75.4 Å². The maximum Gasteiger partial charge on any atom is 0.231 e. The van der Waals surface area contributed by atoms with Gasteiger partial charge in [0.05, 0.1) is 12.7 Å². The number of nitrogens with zero attached hydrogens (tertiary/aromatic N) is 4. The second kappa shape index (κ2) is 5.29. The number of rotatable bonds is 3. The van der Waals surface area contributed by atoms with Crippen LogP contribution in [-0.4, -0.2) is 53.5 Å². The van der Waals surface area contributed by atoms with Gasteiger partial charge in [0.15, 0.2) is 5.82 Å². The predicted octanol–water partition coefficient (Wildman–Crippen LogP) is -0.263. The molecule has 0 spiro atoms. The molecule has 1 amide bonds. The zero-order valence-corrected chi connectivity index (χ0v) is 10.1. The van der Waals surface area contributed by atoms with Gasteiger partial charge in [0.2, 0.25) is 5.91 Å². The Bertz CT molecular complexity index is 405. The second-order valence-electron chi connectivity index (χ2n) is 3.92. The van der Waals surface area contributed by atoms with Crippen molar-refractivity contribution in [3.05, 3.63) is 17.5 Å². The van der Waals surface area contributed by atoms with Gasteiger partial charge in [0.25, 0.3) is 0 Å². The summed E-state index contributed by atoms with van der Waals surface area (Å²) in [5, 5.41) is 0.552. The van der Waals surface area contributed by atoms with E-state index in [-0.39, 0.29) is 5.91 Å². The highest BCUT2D eigenvalue weighted by molar-refractivity contribution is 6.32. The quantitative estimate of drug-likeness (QED) is 0.805. The van der Waals surface area contributed by atoms with Crippen LogP contribution < -0.4 is 10.6 Å². The van der Waals surface area contributed by atoms with E-state index in [1.165, 1.54) is 6.33 Å².